The van der Waals surface area contributed by atoms with Gasteiger partial charge in [0.1, 0.15) is 5.75 Å². The van der Waals surface area contributed by atoms with Crippen molar-refractivity contribution < 1.29 is 10.2 Å². The van der Waals surface area contributed by atoms with Gasteiger partial charge in [-0.3, -0.25) is 0 Å². The van der Waals surface area contributed by atoms with E-state index in [1.54, 1.807) is 6.07 Å². The highest BCUT2D eigenvalue weighted by Crippen LogP contribution is 2.55. The molecule has 0 saturated carbocycles. The van der Waals surface area contributed by atoms with Gasteiger partial charge >= 0.3 is 0 Å². The van der Waals surface area contributed by atoms with Crippen LogP contribution in [0.5, 0.6) is 5.75 Å². The number of para-hydroxylation sites is 1. The molecule has 2 N–H and O–H groups in total. The number of rotatable bonds is 3. The Morgan fingerprint density at radius 3 is 2.53 bits per heavy atom. The average molecular weight is 270 g/mol. The lowest BCUT2D eigenvalue weighted by Gasteiger charge is -2.37. The fourth-order valence-corrected chi connectivity index (χ4v) is 5.77. The van der Waals surface area contributed by atoms with Crippen molar-refractivity contribution in [2.75, 3.05) is 11.5 Å². The molecule has 2 nitrogen and oxygen atoms in total. The third kappa shape index (κ3) is 2.92. The van der Waals surface area contributed by atoms with Gasteiger partial charge in [-0.05, 0) is 30.9 Å². The molecule has 1 aliphatic heterocycles. The van der Waals surface area contributed by atoms with Crippen LogP contribution in [0.1, 0.15) is 25.3 Å². The van der Waals surface area contributed by atoms with Crippen LogP contribution in [0.25, 0.3) is 0 Å². The van der Waals surface area contributed by atoms with E-state index in [-0.39, 0.29) is 10.2 Å². The van der Waals surface area contributed by atoms with Crippen LogP contribution in [-0.2, 0) is 4.08 Å². The topological polar surface area (TPSA) is 40.5 Å². The van der Waals surface area contributed by atoms with Crippen molar-refractivity contribution in [3.63, 3.8) is 0 Å². The average Bonchev–Trinajstić information content (AvgIpc) is 2.29. The molecule has 1 aromatic rings. The van der Waals surface area contributed by atoms with Gasteiger partial charge in [0, 0.05) is 12.0 Å². The molecule has 0 spiro atoms. The number of aliphatic hydroxyl groups excluding tert-OH is 1. The summed E-state index contributed by atoms with van der Waals surface area (Å²) < 4.78 is -0.183. The number of aromatic hydroxyl groups is 1. The van der Waals surface area contributed by atoms with E-state index in [9.17, 15) is 10.2 Å². The summed E-state index contributed by atoms with van der Waals surface area (Å²) in [4.78, 5) is 0. The van der Waals surface area contributed by atoms with Crippen molar-refractivity contribution in [2.45, 2.75) is 29.9 Å². The van der Waals surface area contributed by atoms with Crippen molar-refractivity contribution in [3.8, 4) is 5.75 Å². The van der Waals surface area contributed by atoms with E-state index < -0.39 is 0 Å². The zero-order chi connectivity index (χ0) is 12.3. The molecular formula is C13H18O2S2. The van der Waals surface area contributed by atoms with Gasteiger partial charge in [-0.2, -0.15) is 0 Å². The molecule has 1 fully saturated rings. The Hall–Kier alpha value is -0.320. The van der Waals surface area contributed by atoms with E-state index in [1.165, 1.54) is 6.42 Å². The minimum atomic E-state index is -0.354. The van der Waals surface area contributed by atoms with Crippen molar-refractivity contribution in [1.82, 2.24) is 0 Å². The summed E-state index contributed by atoms with van der Waals surface area (Å²) in [6, 6.07) is 7.50. The first kappa shape index (κ1) is 13.1. The van der Waals surface area contributed by atoms with E-state index in [1.807, 2.05) is 48.6 Å². The van der Waals surface area contributed by atoms with Crippen LogP contribution < -0.4 is 0 Å². The largest absolute Gasteiger partial charge is 0.508 e. The second kappa shape index (κ2) is 5.55. The number of phenolic OH excluding ortho intramolecular Hbond substituents is 1. The Morgan fingerprint density at radius 1 is 1.29 bits per heavy atom. The van der Waals surface area contributed by atoms with Gasteiger partial charge in [-0.15, -0.1) is 23.5 Å². The summed E-state index contributed by atoms with van der Waals surface area (Å²) in [5.74, 6) is 2.53. The second-order valence-corrected chi connectivity index (χ2v) is 7.42. The Morgan fingerprint density at radius 2 is 1.94 bits per heavy atom. The molecule has 4 heteroatoms. The zero-order valence-corrected chi connectivity index (χ0v) is 11.6. The standard InChI is InChI=1S/C13H18O2S2/c1-10(14)9-13(16-7-4-8-17-13)11-5-2-3-6-12(11)15/h2-3,5-6,10,14-15H,4,7-9H2,1H3/t10-/m0/s1. The van der Waals surface area contributed by atoms with Crippen molar-refractivity contribution in [2.24, 2.45) is 0 Å². The third-order valence-electron chi connectivity index (χ3n) is 2.84. The molecule has 0 aliphatic carbocycles. The number of hydrogen-bond acceptors (Lipinski definition) is 4. The van der Waals surface area contributed by atoms with Crippen LogP contribution in [0.4, 0.5) is 0 Å². The van der Waals surface area contributed by atoms with E-state index >= 15 is 0 Å². The van der Waals surface area contributed by atoms with Crippen molar-refractivity contribution in [1.29, 1.82) is 0 Å². The summed E-state index contributed by atoms with van der Waals surface area (Å²) in [6.07, 6.45) is 1.53. The molecule has 0 amide bonds. The number of aliphatic hydroxyl groups is 1. The Kier molecular flexibility index (Phi) is 4.28. The minimum Gasteiger partial charge on any atom is -0.508 e. The molecule has 0 radical (unpaired) electrons. The second-order valence-electron chi connectivity index (χ2n) is 4.37. The molecule has 1 aromatic carbocycles. The highest BCUT2D eigenvalue weighted by atomic mass is 32.2. The first-order valence-electron chi connectivity index (χ1n) is 5.88. The molecule has 0 bridgehead atoms. The maximum Gasteiger partial charge on any atom is 0.121 e. The quantitative estimate of drug-likeness (QED) is 0.885. The molecule has 1 atom stereocenters. The van der Waals surface area contributed by atoms with Crippen LogP contribution in [0, 0.1) is 0 Å². The normalized spacial score (nSPS) is 21.1. The molecule has 1 aliphatic rings. The molecule has 1 heterocycles. The SMILES string of the molecule is C[C@H](O)CC1(c2ccccc2O)SCCCS1. The maximum absolute atomic E-state index is 10.0. The van der Waals surface area contributed by atoms with Crippen molar-refractivity contribution >= 4 is 23.5 Å². The van der Waals surface area contributed by atoms with Gasteiger partial charge in [0.25, 0.3) is 0 Å². The fourth-order valence-electron chi connectivity index (χ4n) is 2.14. The van der Waals surface area contributed by atoms with Gasteiger partial charge in [0.05, 0.1) is 10.2 Å². The van der Waals surface area contributed by atoms with E-state index in [0.29, 0.717) is 12.2 Å². The fraction of sp³-hybridized carbons (Fsp3) is 0.538. The molecule has 0 unspecified atom stereocenters. The molecule has 2 rings (SSSR count). The summed E-state index contributed by atoms with van der Waals surface area (Å²) in [5.41, 5.74) is 0.954. The van der Waals surface area contributed by atoms with Crippen LogP contribution in [0.2, 0.25) is 0 Å². The monoisotopic (exact) mass is 270 g/mol. The van der Waals surface area contributed by atoms with Crippen LogP contribution in [0.3, 0.4) is 0 Å². The predicted molar refractivity (Wildman–Crippen MR) is 75.6 cm³/mol. The van der Waals surface area contributed by atoms with Crippen LogP contribution in [-0.4, -0.2) is 27.8 Å². The summed E-state index contributed by atoms with van der Waals surface area (Å²) in [7, 11) is 0. The molecule has 17 heavy (non-hydrogen) atoms. The highest BCUT2D eigenvalue weighted by molar-refractivity contribution is 8.18. The number of thioether (sulfide) groups is 2. The summed E-state index contributed by atoms with van der Waals surface area (Å²) in [6.45, 7) is 1.82. The minimum absolute atomic E-state index is 0.183. The van der Waals surface area contributed by atoms with E-state index in [2.05, 4.69) is 0 Å². The van der Waals surface area contributed by atoms with E-state index in [4.69, 9.17) is 0 Å². The third-order valence-corrected chi connectivity index (χ3v) is 6.24. The first-order chi connectivity index (χ1) is 8.14. The maximum atomic E-state index is 10.0. The molecule has 0 aromatic heterocycles. The summed E-state index contributed by atoms with van der Waals surface area (Å²) >= 11 is 3.70. The van der Waals surface area contributed by atoms with Gasteiger partial charge < -0.3 is 10.2 Å². The smallest absolute Gasteiger partial charge is 0.121 e. The lowest BCUT2D eigenvalue weighted by molar-refractivity contribution is 0.180. The highest BCUT2D eigenvalue weighted by Gasteiger charge is 2.38. The number of phenols is 1. The van der Waals surface area contributed by atoms with Gasteiger partial charge in [0.2, 0.25) is 0 Å². The van der Waals surface area contributed by atoms with Crippen LogP contribution >= 0.6 is 23.5 Å². The Bertz CT molecular complexity index is 373. The Balaban J connectivity index is 2.35. The zero-order valence-electron chi connectivity index (χ0n) is 9.93. The Labute approximate surface area is 111 Å². The first-order valence-corrected chi connectivity index (χ1v) is 7.86. The van der Waals surface area contributed by atoms with Crippen molar-refractivity contribution in [3.05, 3.63) is 29.8 Å². The van der Waals surface area contributed by atoms with E-state index in [0.717, 1.165) is 17.1 Å². The molecule has 1 saturated heterocycles. The van der Waals surface area contributed by atoms with Gasteiger partial charge in [-0.1, -0.05) is 18.2 Å². The molecular weight excluding hydrogens is 252 g/mol. The number of hydrogen-bond donors (Lipinski definition) is 2. The van der Waals surface area contributed by atoms with Gasteiger partial charge in [-0.25, -0.2) is 0 Å². The van der Waals surface area contributed by atoms with Crippen LogP contribution in [0.15, 0.2) is 24.3 Å². The lowest BCUT2D eigenvalue weighted by atomic mass is 10.0. The summed E-state index contributed by atoms with van der Waals surface area (Å²) in [5, 5.41) is 19.7. The predicted octanol–water partition coefficient (Wildman–Crippen LogP) is 3.19. The number of benzene rings is 1. The molecule has 94 valence electrons. The van der Waals surface area contributed by atoms with Gasteiger partial charge in [0.15, 0.2) is 0 Å². The lowest BCUT2D eigenvalue weighted by Crippen LogP contribution is -2.27.